The normalized spacial score (nSPS) is 40.3. The summed E-state index contributed by atoms with van der Waals surface area (Å²) in [5.41, 5.74) is 2.23. The molecule has 4 aliphatic carbocycles. The summed E-state index contributed by atoms with van der Waals surface area (Å²) in [4.78, 5) is 0.193. The van der Waals surface area contributed by atoms with Gasteiger partial charge in [0, 0.05) is 6.04 Å². The molecule has 0 aliphatic heterocycles. The van der Waals surface area contributed by atoms with Crippen LogP contribution in [0.25, 0.3) is 0 Å². The molecule has 0 spiro atoms. The maximum absolute atomic E-state index is 11.5. The van der Waals surface area contributed by atoms with Crippen LogP contribution in [0, 0.1) is 34.5 Å². The maximum Gasteiger partial charge on any atom is 0.238 e. The lowest BCUT2D eigenvalue weighted by Crippen LogP contribution is -2.55. The highest BCUT2D eigenvalue weighted by molar-refractivity contribution is 7.89. The molecular weight excluding hydrogens is 432 g/mol. The molecule has 186 valence electrons. The third-order valence-corrected chi connectivity index (χ3v) is 11.6. The topological polar surface area (TPSA) is 104 Å². The van der Waals surface area contributed by atoms with Gasteiger partial charge in [-0.2, -0.15) is 0 Å². The molecule has 0 bridgehead atoms. The largest absolute Gasteiger partial charge is 0.412 e. The Kier molecular flexibility index (Phi) is 7.05. The van der Waals surface area contributed by atoms with E-state index in [4.69, 9.17) is 5.14 Å². The zero-order valence-corrected chi connectivity index (χ0v) is 21.3. The molecule has 4 saturated carbocycles. The van der Waals surface area contributed by atoms with Gasteiger partial charge in [-0.3, -0.25) is 0 Å². The van der Waals surface area contributed by atoms with Crippen LogP contribution < -0.4 is 10.5 Å². The Morgan fingerprint density at radius 2 is 1.64 bits per heavy atom. The molecule has 0 heterocycles. The molecule has 1 aromatic rings. The van der Waals surface area contributed by atoms with Crippen molar-refractivity contribution in [3.63, 3.8) is 0 Å². The molecule has 5 N–H and O–H groups in total. The maximum atomic E-state index is 11.5. The van der Waals surface area contributed by atoms with E-state index >= 15 is 0 Å². The molecule has 6 heteroatoms. The smallest absolute Gasteiger partial charge is 0.238 e. The minimum atomic E-state index is -3.61. The molecule has 2 unspecified atom stereocenters. The predicted octanol–water partition coefficient (Wildman–Crippen LogP) is 4.44. The monoisotopic (exact) mass is 476 g/mol. The molecule has 1 aromatic carbocycles. The number of hydrogen-bond acceptors (Lipinski definition) is 3. The second-order valence-electron chi connectivity index (χ2n) is 12.0. The van der Waals surface area contributed by atoms with Crippen LogP contribution in [0.2, 0.25) is 0 Å². The van der Waals surface area contributed by atoms with Crippen molar-refractivity contribution in [1.82, 2.24) is 5.32 Å². The highest BCUT2D eigenvalue weighted by atomic mass is 32.2. The van der Waals surface area contributed by atoms with Gasteiger partial charge in [-0.15, -0.1) is 0 Å². The molecule has 0 saturated heterocycles. The molecule has 0 amide bonds. The van der Waals surface area contributed by atoms with Gasteiger partial charge in [0.05, 0.1) is 4.90 Å². The van der Waals surface area contributed by atoms with Crippen molar-refractivity contribution < 1.29 is 13.9 Å². The van der Waals surface area contributed by atoms with E-state index in [0.29, 0.717) is 16.9 Å². The Morgan fingerprint density at radius 1 is 0.909 bits per heavy atom. The Labute approximate surface area is 200 Å². The number of fused-ring (bicyclic) bond motifs is 5. The van der Waals surface area contributed by atoms with Gasteiger partial charge in [-0.1, -0.05) is 38.8 Å². The highest BCUT2D eigenvalue weighted by Gasteiger charge is 2.59. The summed E-state index contributed by atoms with van der Waals surface area (Å²) in [6.07, 6.45) is 15.3. The van der Waals surface area contributed by atoms with Crippen molar-refractivity contribution in [2.45, 2.75) is 95.4 Å². The quantitative estimate of drug-likeness (QED) is 0.656. The Hall–Kier alpha value is -0.950. The van der Waals surface area contributed by atoms with Crippen LogP contribution in [0.3, 0.4) is 0 Å². The van der Waals surface area contributed by atoms with Crippen molar-refractivity contribution in [2.75, 3.05) is 6.54 Å². The van der Waals surface area contributed by atoms with Gasteiger partial charge < -0.3 is 10.8 Å². The molecule has 0 radical (unpaired) electrons. The number of hydrogen-bond donors (Lipinski definition) is 2. The van der Waals surface area contributed by atoms with E-state index < -0.39 is 10.0 Å². The van der Waals surface area contributed by atoms with Gasteiger partial charge in [0.25, 0.3) is 0 Å². The number of primary sulfonamides is 1. The fourth-order valence-corrected chi connectivity index (χ4v) is 9.38. The number of nitrogens with two attached hydrogens (primary N) is 1. The number of rotatable bonds is 5. The van der Waals surface area contributed by atoms with E-state index in [0.717, 1.165) is 42.2 Å². The molecular formula is C27H44N2O3S. The second kappa shape index (κ2) is 9.25. The van der Waals surface area contributed by atoms with E-state index in [1.165, 1.54) is 64.2 Å². The molecule has 7 atom stereocenters. The van der Waals surface area contributed by atoms with Gasteiger partial charge in [-0.05, 0) is 117 Å². The third-order valence-electron chi connectivity index (χ3n) is 10.6. The van der Waals surface area contributed by atoms with Crippen LogP contribution in [-0.4, -0.2) is 26.5 Å². The number of benzene rings is 1. The lowest BCUT2D eigenvalue weighted by atomic mass is 9.45. The van der Waals surface area contributed by atoms with Gasteiger partial charge >= 0.3 is 0 Å². The summed E-state index contributed by atoms with van der Waals surface area (Å²) < 4.78 is 22.9. The summed E-state index contributed by atoms with van der Waals surface area (Å²) >= 11 is 0. The van der Waals surface area contributed by atoms with Crippen LogP contribution in [0.4, 0.5) is 0 Å². The standard InChI is InChI=1S/C27H42N2O2S.H2O/c1-26-16-4-3-5-20(26)8-11-22-23-12-13-25(27(23,2)17-14-24(22)26)29-18-15-19-6-9-21(10-7-19)32(28,30)31;/h6-7,9-10,20,22-25,29H,3-5,8,11-18H2,1-2H3,(H2,28,30,31);1H2/t20?,22-,23-,24+,25?,26-,27-;/m0./s1. The van der Waals surface area contributed by atoms with Crippen molar-refractivity contribution in [2.24, 2.45) is 39.6 Å². The van der Waals surface area contributed by atoms with Gasteiger partial charge in [0.15, 0.2) is 0 Å². The Bertz CT molecular complexity index is 933. The van der Waals surface area contributed by atoms with Crippen molar-refractivity contribution >= 4 is 10.0 Å². The highest BCUT2D eigenvalue weighted by Crippen LogP contribution is 2.66. The Morgan fingerprint density at radius 3 is 2.36 bits per heavy atom. The van der Waals surface area contributed by atoms with Crippen LogP contribution in [0.1, 0.15) is 83.6 Å². The van der Waals surface area contributed by atoms with Crippen LogP contribution in [-0.2, 0) is 16.4 Å². The average molecular weight is 477 g/mol. The third kappa shape index (κ3) is 4.41. The summed E-state index contributed by atoms with van der Waals surface area (Å²) in [7, 11) is -3.61. The zero-order chi connectivity index (χ0) is 22.6. The van der Waals surface area contributed by atoms with Gasteiger partial charge in [-0.25, -0.2) is 13.6 Å². The first-order chi connectivity index (χ1) is 15.2. The fraction of sp³-hybridized carbons (Fsp3) is 0.778. The summed E-state index contributed by atoms with van der Waals surface area (Å²) in [6, 6.07) is 7.67. The van der Waals surface area contributed by atoms with Crippen molar-refractivity contribution in [3.05, 3.63) is 29.8 Å². The molecule has 33 heavy (non-hydrogen) atoms. The zero-order valence-electron chi connectivity index (χ0n) is 20.5. The van der Waals surface area contributed by atoms with E-state index in [2.05, 4.69) is 19.2 Å². The number of nitrogens with one attached hydrogen (secondary N) is 1. The molecule has 5 nitrogen and oxygen atoms in total. The van der Waals surface area contributed by atoms with Gasteiger partial charge in [0.1, 0.15) is 0 Å². The summed E-state index contributed by atoms with van der Waals surface area (Å²) in [5, 5.41) is 9.15. The lowest BCUT2D eigenvalue weighted by molar-refractivity contribution is -0.107. The van der Waals surface area contributed by atoms with Crippen LogP contribution in [0.5, 0.6) is 0 Å². The molecule has 5 rings (SSSR count). The van der Waals surface area contributed by atoms with Crippen LogP contribution >= 0.6 is 0 Å². The van der Waals surface area contributed by atoms with Gasteiger partial charge in [0.2, 0.25) is 10.0 Å². The van der Waals surface area contributed by atoms with Crippen molar-refractivity contribution in [3.8, 4) is 0 Å². The molecule has 0 aromatic heterocycles. The minimum absolute atomic E-state index is 0. The summed E-state index contributed by atoms with van der Waals surface area (Å²) in [5.74, 6) is 3.81. The fourth-order valence-electron chi connectivity index (χ4n) is 8.87. The van der Waals surface area contributed by atoms with E-state index in [9.17, 15) is 8.42 Å². The number of sulfonamides is 1. The average Bonchev–Trinajstić information content (AvgIpc) is 3.09. The lowest BCUT2D eigenvalue weighted by Gasteiger charge is -2.60. The predicted molar refractivity (Wildman–Crippen MR) is 133 cm³/mol. The minimum Gasteiger partial charge on any atom is -0.412 e. The van der Waals surface area contributed by atoms with Crippen LogP contribution in [0.15, 0.2) is 29.2 Å². The van der Waals surface area contributed by atoms with E-state index in [1.807, 2.05) is 12.1 Å². The second-order valence-corrected chi connectivity index (χ2v) is 13.5. The molecule has 4 aliphatic rings. The molecule has 4 fully saturated rings. The Balaban J connectivity index is 0.00000259. The first-order valence-electron chi connectivity index (χ1n) is 13.1. The SMILES string of the molecule is C[C@]12CCCCC1CC[C@@H]1[C@H]2CC[C@]2(C)C(NCCc3ccc(S(N)(=O)=O)cc3)CC[C@@H]12.O. The first-order valence-corrected chi connectivity index (χ1v) is 14.6. The van der Waals surface area contributed by atoms with Crippen molar-refractivity contribution in [1.29, 1.82) is 0 Å². The van der Waals surface area contributed by atoms with E-state index in [-0.39, 0.29) is 10.4 Å². The first kappa shape index (κ1) is 25.2. The van der Waals surface area contributed by atoms with E-state index in [1.54, 1.807) is 12.1 Å². The summed E-state index contributed by atoms with van der Waals surface area (Å²) in [6.45, 7) is 6.21.